The third kappa shape index (κ3) is 5.62. The van der Waals surface area contributed by atoms with Gasteiger partial charge in [-0.15, -0.1) is 0 Å². The smallest absolute Gasteiger partial charge is 0.316 e. The maximum Gasteiger partial charge on any atom is 0.316 e. The second-order valence-electron chi connectivity index (χ2n) is 5.25. The van der Waals surface area contributed by atoms with E-state index in [1.165, 1.54) is 39.0 Å². The van der Waals surface area contributed by atoms with Crippen LogP contribution in [0.5, 0.6) is 0 Å². The molecule has 0 N–H and O–H groups in total. The SMILES string of the molecule is CC(=O)CC(=O)OC(C)(OC(=O)CC(C)=O)c1cccc(Cl)c1Cl. The molecular formula is C16H16Cl2O6. The lowest BCUT2D eigenvalue weighted by Gasteiger charge is -2.30. The molecule has 0 spiro atoms. The second kappa shape index (κ2) is 8.26. The van der Waals surface area contributed by atoms with Crippen LogP contribution in [0, 0.1) is 0 Å². The molecule has 0 unspecified atom stereocenters. The zero-order valence-corrected chi connectivity index (χ0v) is 14.9. The summed E-state index contributed by atoms with van der Waals surface area (Å²) in [4.78, 5) is 45.9. The summed E-state index contributed by atoms with van der Waals surface area (Å²) in [7, 11) is 0. The minimum Gasteiger partial charge on any atom is -0.418 e. The molecule has 0 heterocycles. The van der Waals surface area contributed by atoms with Gasteiger partial charge in [-0.05, 0) is 26.0 Å². The number of halogens is 2. The molecule has 0 aliphatic carbocycles. The van der Waals surface area contributed by atoms with Gasteiger partial charge in [0.2, 0.25) is 0 Å². The van der Waals surface area contributed by atoms with Gasteiger partial charge < -0.3 is 9.47 Å². The average molecular weight is 375 g/mol. The summed E-state index contributed by atoms with van der Waals surface area (Å²) in [5.74, 6) is -4.58. The molecule has 130 valence electrons. The molecule has 0 saturated carbocycles. The van der Waals surface area contributed by atoms with E-state index in [1.54, 1.807) is 0 Å². The van der Waals surface area contributed by atoms with Crippen molar-refractivity contribution in [2.45, 2.75) is 39.4 Å². The molecule has 0 amide bonds. The molecule has 6 nitrogen and oxygen atoms in total. The summed E-state index contributed by atoms with van der Waals surface area (Å²) in [6.45, 7) is 3.71. The Labute approximate surface area is 149 Å². The number of rotatable bonds is 7. The van der Waals surface area contributed by atoms with E-state index in [4.69, 9.17) is 32.7 Å². The van der Waals surface area contributed by atoms with Gasteiger partial charge in [-0.25, -0.2) is 0 Å². The van der Waals surface area contributed by atoms with Crippen LogP contribution in [0.15, 0.2) is 18.2 Å². The van der Waals surface area contributed by atoms with E-state index in [1.807, 2.05) is 0 Å². The van der Waals surface area contributed by atoms with Crippen molar-refractivity contribution < 1.29 is 28.7 Å². The van der Waals surface area contributed by atoms with Crippen molar-refractivity contribution >= 4 is 46.7 Å². The standard InChI is InChI=1S/C16H16Cl2O6/c1-9(19)7-13(21)23-16(3,24-14(22)8-10(2)20)11-5-4-6-12(17)15(11)18/h4-6H,7-8H2,1-3H3. The number of ketones is 2. The Kier molecular flexibility index (Phi) is 6.93. The number of benzene rings is 1. The van der Waals surface area contributed by atoms with Gasteiger partial charge >= 0.3 is 11.9 Å². The first-order chi connectivity index (χ1) is 11.0. The van der Waals surface area contributed by atoms with Crippen molar-refractivity contribution in [1.29, 1.82) is 0 Å². The lowest BCUT2D eigenvalue weighted by molar-refractivity contribution is -0.227. The normalized spacial score (nSPS) is 10.9. The Morgan fingerprint density at radius 1 is 0.958 bits per heavy atom. The summed E-state index contributed by atoms with van der Waals surface area (Å²) in [5.41, 5.74) is 0.116. The molecule has 0 atom stereocenters. The number of carbonyl (C=O) groups is 4. The second-order valence-corrected chi connectivity index (χ2v) is 6.04. The Balaban J connectivity index is 3.21. The summed E-state index contributed by atoms with van der Waals surface area (Å²) in [6, 6.07) is 4.48. The van der Waals surface area contributed by atoms with E-state index < -0.39 is 42.1 Å². The lowest BCUT2D eigenvalue weighted by Crippen LogP contribution is -2.36. The number of hydrogen-bond acceptors (Lipinski definition) is 6. The van der Waals surface area contributed by atoms with Crippen LogP contribution in [0.25, 0.3) is 0 Å². The van der Waals surface area contributed by atoms with E-state index in [9.17, 15) is 19.2 Å². The van der Waals surface area contributed by atoms with E-state index in [2.05, 4.69) is 0 Å². The Bertz CT molecular complexity index is 653. The highest BCUT2D eigenvalue weighted by atomic mass is 35.5. The average Bonchev–Trinajstić information content (AvgIpc) is 2.39. The molecule has 24 heavy (non-hydrogen) atoms. The highest BCUT2D eigenvalue weighted by molar-refractivity contribution is 6.42. The zero-order valence-electron chi connectivity index (χ0n) is 13.4. The molecule has 0 aliphatic rings. The number of hydrogen-bond donors (Lipinski definition) is 0. The van der Waals surface area contributed by atoms with Crippen molar-refractivity contribution in [3.05, 3.63) is 33.8 Å². The van der Waals surface area contributed by atoms with Crippen molar-refractivity contribution in [2.24, 2.45) is 0 Å². The fourth-order valence-corrected chi connectivity index (χ4v) is 2.37. The van der Waals surface area contributed by atoms with Crippen LogP contribution >= 0.6 is 23.2 Å². The number of ether oxygens (including phenoxy) is 2. The van der Waals surface area contributed by atoms with Gasteiger partial charge in [-0.1, -0.05) is 29.3 Å². The van der Waals surface area contributed by atoms with Crippen LogP contribution in [0.4, 0.5) is 0 Å². The fraction of sp³-hybridized carbons (Fsp3) is 0.375. The van der Waals surface area contributed by atoms with Crippen molar-refractivity contribution in [2.75, 3.05) is 0 Å². The molecule has 1 aromatic carbocycles. The lowest BCUT2D eigenvalue weighted by atomic mass is 10.1. The van der Waals surface area contributed by atoms with Gasteiger partial charge in [-0.2, -0.15) is 0 Å². The highest BCUT2D eigenvalue weighted by Crippen LogP contribution is 2.37. The van der Waals surface area contributed by atoms with Crippen LogP contribution in [0.2, 0.25) is 10.0 Å². The highest BCUT2D eigenvalue weighted by Gasteiger charge is 2.38. The molecule has 0 fully saturated rings. The largest absolute Gasteiger partial charge is 0.418 e. The number of carbonyl (C=O) groups excluding carboxylic acids is 4. The summed E-state index contributed by atoms with van der Waals surface area (Å²) in [5, 5.41) is 0.179. The van der Waals surface area contributed by atoms with Crippen LogP contribution in [-0.2, 0) is 34.4 Å². The van der Waals surface area contributed by atoms with E-state index in [-0.39, 0.29) is 15.6 Å². The third-order valence-corrected chi connectivity index (χ3v) is 3.66. The predicted molar refractivity (Wildman–Crippen MR) is 86.6 cm³/mol. The van der Waals surface area contributed by atoms with Gasteiger partial charge in [0.05, 0.1) is 15.6 Å². The number of esters is 2. The predicted octanol–water partition coefficient (Wildman–Crippen LogP) is 3.21. The molecule has 1 aromatic rings. The first kappa shape index (κ1) is 20.1. The van der Waals surface area contributed by atoms with Crippen molar-refractivity contribution in [1.82, 2.24) is 0 Å². The summed E-state index contributed by atoms with van der Waals surface area (Å²) < 4.78 is 10.3. The molecule has 0 radical (unpaired) electrons. The van der Waals surface area contributed by atoms with Gasteiger partial charge in [0.25, 0.3) is 5.79 Å². The first-order valence-electron chi connectivity index (χ1n) is 6.92. The summed E-state index contributed by atoms with van der Waals surface area (Å²) >= 11 is 12.0. The first-order valence-corrected chi connectivity index (χ1v) is 7.68. The third-order valence-electron chi connectivity index (χ3n) is 2.84. The number of Topliss-reactive ketones (excluding diaryl/α,β-unsaturated/α-hetero) is 2. The van der Waals surface area contributed by atoms with E-state index >= 15 is 0 Å². The maximum absolute atomic E-state index is 11.9. The Morgan fingerprint density at radius 3 is 1.83 bits per heavy atom. The molecule has 0 aliphatic heterocycles. The van der Waals surface area contributed by atoms with E-state index in [0.717, 1.165) is 0 Å². The molecule has 0 aromatic heterocycles. The van der Waals surface area contributed by atoms with Crippen LogP contribution in [-0.4, -0.2) is 23.5 Å². The fourth-order valence-electron chi connectivity index (χ4n) is 1.90. The zero-order chi connectivity index (χ0) is 18.5. The molecule has 0 saturated heterocycles. The van der Waals surface area contributed by atoms with Crippen molar-refractivity contribution in [3.8, 4) is 0 Å². The Hall–Kier alpha value is -1.92. The minimum absolute atomic E-state index is 0.0212. The van der Waals surface area contributed by atoms with Gasteiger partial charge in [0, 0.05) is 6.92 Å². The van der Waals surface area contributed by atoms with Gasteiger partial charge in [0.1, 0.15) is 24.4 Å². The monoisotopic (exact) mass is 374 g/mol. The quantitative estimate of drug-likeness (QED) is 0.413. The molecular weight excluding hydrogens is 359 g/mol. The maximum atomic E-state index is 11.9. The van der Waals surface area contributed by atoms with Crippen LogP contribution in [0.1, 0.15) is 39.2 Å². The van der Waals surface area contributed by atoms with Crippen LogP contribution < -0.4 is 0 Å². The summed E-state index contributed by atoms with van der Waals surface area (Å²) in [6.07, 6.45) is -1.00. The van der Waals surface area contributed by atoms with Gasteiger partial charge in [0.15, 0.2) is 0 Å². The van der Waals surface area contributed by atoms with E-state index in [0.29, 0.717) is 0 Å². The van der Waals surface area contributed by atoms with Gasteiger partial charge in [-0.3, -0.25) is 19.2 Å². The molecule has 1 rings (SSSR count). The Morgan fingerprint density at radius 2 is 1.42 bits per heavy atom. The molecule has 8 heteroatoms. The minimum atomic E-state index is -1.93. The van der Waals surface area contributed by atoms with Crippen molar-refractivity contribution in [3.63, 3.8) is 0 Å². The van der Waals surface area contributed by atoms with Crippen LogP contribution in [0.3, 0.4) is 0 Å². The topological polar surface area (TPSA) is 86.7 Å². The molecule has 0 bridgehead atoms.